The Morgan fingerprint density at radius 3 is 2.45 bits per heavy atom. The van der Waals surface area contributed by atoms with E-state index in [4.69, 9.17) is 4.74 Å². The maximum absolute atomic E-state index is 13.3. The number of esters is 1. The molecule has 3 aromatic carbocycles. The summed E-state index contributed by atoms with van der Waals surface area (Å²) in [5, 5.41) is 6.48. The quantitative estimate of drug-likeness (QED) is 0.194. The number of piperidine rings is 1. The highest BCUT2D eigenvalue weighted by atomic mass is 16.5. The summed E-state index contributed by atoms with van der Waals surface area (Å²) in [6.07, 6.45) is 5.67. The Morgan fingerprint density at radius 2 is 1.71 bits per heavy atom. The molecule has 2 aliphatic rings. The van der Waals surface area contributed by atoms with Crippen LogP contribution in [0.5, 0.6) is 0 Å². The van der Waals surface area contributed by atoms with Crippen LogP contribution < -0.4 is 10.6 Å². The highest BCUT2D eigenvalue weighted by molar-refractivity contribution is 6.37. The van der Waals surface area contributed by atoms with Crippen molar-refractivity contribution in [3.05, 3.63) is 95.1 Å². The molecule has 1 fully saturated rings. The molecule has 196 valence electrons. The monoisotopic (exact) mass is 509 g/mol. The van der Waals surface area contributed by atoms with Crippen LogP contribution in [-0.4, -0.2) is 36.5 Å². The van der Waals surface area contributed by atoms with Crippen LogP contribution in [0.2, 0.25) is 0 Å². The zero-order chi connectivity index (χ0) is 26.3. The fourth-order valence-corrected chi connectivity index (χ4v) is 5.04. The average molecular weight is 510 g/mol. The van der Waals surface area contributed by atoms with E-state index in [1.54, 1.807) is 12.1 Å². The molecule has 5 rings (SSSR count). The van der Waals surface area contributed by atoms with Crippen LogP contribution in [0.3, 0.4) is 0 Å². The van der Waals surface area contributed by atoms with Crippen molar-refractivity contribution >= 4 is 34.5 Å². The third-order valence-electron chi connectivity index (χ3n) is 7.12. The summed E-state index contributed by atoms with van der Waals surface area (Å²) < 4.78 is 5.36. The second-order valence-electron chi connectivity index (χ2n) is 9.98. The number of fused-ring (bicyclic) bond motifs is 1. The fourth-order valence-electron chi connectivity index (χ4n) is 5.04. The third-order valence-corrected chi connectivity index (χ3v) is 7.12. The molecule has 6 nitrogen and oxygen atoms in total. The zero-order valence-corrected chi connectivity index (χ0v) is 22.0. The van der Waals surface area contributed by atoms with E-state index >= 15 is 0 Å². The Bertz CT molecular complexity index is 1310. The first-order valence-corrected chi connectivity index (χ1v) is 13.6. The van der Waals surface area contributed by atoms with Crippen LogP contribution in [0.1, 0.15) is 66.1 Å². The second kappa shape index (κ2) is 12.1. The van der Waals surface area contributed by atoms with Gasteiger partial charge >= 0.3 is 5.97 Å². The van der Waals surface area contributed by atoms with Crippen molar-refractivity contribution in [3.63, 3.8) is 0 Å². The summed E-state index contributed by atoms with van der Waals surface area (Å²) in [6, 6.07) is 23.6. The number of carbonyl (C=O) groups is 2. The predicted octanol–water partition coefficient (Wildman–Crippen LogP) is 6.56. The lowest BCUT2D eigenvalue weighted by molar-refractivity contribution is -0.110. The number of hydrogen-bond acceptors (Lipinski definition) is 5. The van der Waals surface area contributed by atoms with Crippen LogP contribution in [0.4, 0.5) is 11.4 Å². The highest BCUT2D eigenvalue weighted by Gasteiger charge is 2.29. The first kappa shape index (κ1) is 25.7. The Kier molecular flexibility index (Phi) is 8.19. The molecule has 3 aromatic rings. The first-order chi connectivity index (χ1) is 18.6. The Hall–Kier alpha value is -3.90. The van der Waals surface area contributed by atoms with Crippen molar-refractivity contribution in [2.45, 2.75) is 45.6 Å². The van der Waals surface area contributed by atoms with Crippen molar-refractivity contribution in [1.82, 2.24) is 4.90 Å². The van der Waals surface area contributed by atoms with Crippen molar-refractivity contribution in [1.29, 1.82) is 0 Å². The van der Waals surface area contributed by atoms with Crippen LogP contribution in [0.25, 0.3) is 11.3 Å². The molecular weight excluding hydrogens is 474 g/mol. The van der Waals surface area contributed by atoms with Crippen molar-refractivity contribution < 1.29 is 14.3 Å². The summed E-state index contributed by atoms with van der Waals surface area (Å²) in [5.74, 6) is -0.580. The summed E-state index contributed by atoms with van der Waals surface area (Å²) in [5.41, 5.74) is 6.18. The van der Waals surface area contributed by atoms with Crippen LogP contribution >= 0.6 is 0 Å². The number of anilines is 2. The van der Waals surface area contributed by atoms with Gasteiger partial charge in [0.2, 0.25) is 0 Å². The number of benzene rings is 3. The van der Waals surface area contributed by atoms with Crippen LogP contribution in [-0.2, 0) is 16.1 Å². The van der Waals surface area contributed by atoms with Gasteiger partial charge in [-0.05, 0) is 67.7 Å². The normalized spacial score (nSPS) is 16.5. The number of nitrogens with one attached hydrogen (secondary N) is 2. The molecular formula is C32H35N3O3. The molecule has 0 saturated carbocycles. The zero-order valence-electron chi connectivity index (χ0n) is 22.0. The van der Waals surface area contributed by atoms with Gasteiger partial charge in [0.05, 0.1) is 29.1 Å². The van der Waals surface area contributed by atoms with E-state index in [1.807, 2.05) is 36.4 Å². The number of rotatable bonds is 9. The van der Waals surface area contributed by atoms with Crippen LogP contribution in [0.15, 0.2) is 72.8 Å². The number of likely N-dealkylation sites (tertiary alicyclic amines) is 1. The minimum absolute atomic E-state index is 0.204. The highest BCUT2D eigenvalue weighted by Crippen LogP contribution is 2.38. The molecule has 0 aromatic heterocycles. The van der Waals surface area contributed by atoms with Gasteiger partial charge in [-0.1, -0.05) is 68.3 Å². The van der Waals surface area contributed by atoms with Gasteiger partial charge in [-0.2, -0.15) is 0 Å². The van der Waals surface area contributed by atoms with Gasteiger partial charge < -0.3 is 15.4 Å². The SMILES string of the molecule is CCCCOC(=O)c1ccc2c(c1)NC(=O)C2=C(Nc1ccc(CN2CCCCC2)cc1)c1ccccc1. The number of unbranched alkanes of at least 4 members (excludes halogenated alkanes) is 1. The first-order valence-electron chi connectivity index (χ1n) is 13.6. The van der Waals surface area contributed by atoms with E-state index < -0.39 is 0 Å². The predicted molar refractivity (Wildman–Crippen MR) is 153 cm³/mol. The lowest BCUT2D eigenvalue weighted by atomic mass is 9.99. The lowest BCUT2D eigenvalue weighted by Crippen LogP contribution is -2.29. The van der Waals surface area contributed by atoms with Gasteiger partial charge in [0.1, 0.15) is 0 Å². The molecule has 2 aliphatic heterocycles. The topological polar surface area (TPSA) is 70.7 Å². The molecule has 0 bridgehead atoms. The van der Waals surface area contributed by atoms with E-state index in [1.165, 1.54) is 24.8 Å². The van der Waals surface area contributed by atoms with E-state index in [0.717, 1.165) is 55.0 Å². The van der Waals surface area contributed by atoms with Gasteiger partial charge in [0, 0.05) is 17.8 Å². The van der Waals surface area contributed by atoms with Crippen LogP contribution in [0, 0.1) is 0 Å². The Morgan fingerprint density at radius 1 is 0.947 bits per heavy atom. The van der Waals surface area contributed by atoms with Gasteiger partial charge in [0.25, 0.3) is 5.91 Å². The molecule has 0 unspecified atom stereocenters. The fraction of sp³-hybridized carbons (Fsp3) is 0.312. The summed E-state index contributed by atoms with van der Waals surface area (Å²) >= 11 is 0. The van der Waals surface area contributed by atoms with Gasteiger partial charge in [-0.3, -0.25) is 9.69 Å². The second-order valence-corrected chi connectivity index (χ2v) is 9.98. The average Bonchev–Trinajstić information content (AvgIpc) is 3.28. The molecule has 0 radical (unpaired) electrons. The number of nitrogens with zero attached hydrogens (tertiary/aromatic N) is 1. The molecule has 38 heavy (non-hydrogen) atoms. The maximum Gasteiger partial charge on any atom is 0.338 e. The van der Waals surface area contributed by atoms with Gasteiger partial charge in [-0.15, -0.1) is 0 Å². The standard InChI is InChI=1S/C32H35N3O3/c1-2-3-20-38-32(37)25-14-17-27-28(21-25)34-31(36)29(27)30(24-10-6-4-7-11-24)33-26-15-12-23(13-16-26)22-35-18-8-5-9-19-35/h4,6-7,10-17,21,33H,2-3,5,8-9,18-20,22H2,1H3,(H,34,36). The summed E-state index contributed by atoms with van der Waals surface area (Å²) in [4.78, 5) is 28.3. The number of amides is 1. The Balaban J connectivity index is 1.43. The molecule has 2 N–H and O–H groups in total. The van der Waals surface area contributed by atoms with E-state index in [2.05, 4.69) is 46.7 Å². The Labute approximate surface area is 224 Å². The molecule has 0 spiro atoms. The minimum Gasteiger partial charge on any atom is -0.462 e. The smallest absolute Gasteiger partial charge is 0.338 e. The number of ether oxygens (including phenoxy) is 1. The molecule has 0 atom stereocenters. The molecule has 6 heteroatoms. The van der Waals surface area contributed by atoms with E-state index in [-0.39, 0.29) is 11.9 Å². The van der Waals surface area contributed by atoms with E-state index in [9.17, 15) is 9.59 Å². The summed E-state index contributed by atoms with van der Waals surface area (Å²) in [6.45, 7) is 5.73. The van der Waals surface area contributed by atoms with Crippen molar-refractivity contribution in [2.75, 3.05) is 30.3 Å². The number of carbonyl (C=O) groups excluding carboxylic acids is 2. The van der Waals surface area contributed by atoms with E-state index in [0.29, 0.717) is 23.4 Å². The number of hydrogen-bond donors (Lipinski definition) is 2. The maximum atomic E-state index is 13.3. The van der Waals surface area contributed by atoms with Gasteiger partial charge in [0.15, 0.2) is 0 Å². The van der Waals surface area contributed by atoms with Crippen molar-refractivity contribution in [3.8, 4) is 0 Å². The molecule has 1 saturated heterocycles. The molecule has 1 amide bonds. The third kappa shape index (κ3) is 5.97. The van der Waals surface area contributed by atoms with Crippen molar-refractivity contribution in [2.24, 2.45) is 0 Å². The largest absolute Gasteiger partial charge is 0.462 e. The minimum atomic E-state index is -0.376. The lowest BCUT2D eigenvalue weighted by Gasteiger charge is -2.26. The summed E-state index contributed by atoms with van der Waals surface area (Å²) in [7, 11) is 0. The molecule has 0 aliphatic carbocycles. The molecule has 2 heterocycles. The van der Waals surface area contributed by atoms with Gasteiger partial charge in [-0.25, -0.2) is 4.79 Å².